The van der Waals surface area contributed by atoms with Gasteiger partial charge in [-0.15, -0.1) is 0 Å². The minimum Gasteiger partial charge on any atom is -0.478 e. The molecule has 2 aromatic carbocycles. The standard InChI is InChI=1S/C19H15NO3/c21-19(22)17-10-11-18(20-12-17)23-13-14-6-8-16(9-7-14)15-4-2-1-3-5-15/h1-12H,13H2,(H,21,22). The van der Waals surface area contributed by atoms with E-state index in [-0.39, 0.29) is 5.56 Å². The van der Waals surface area contributed by atoms with Gasteiger partial charge >= 0.3 is 5.97 Å². The van der Waals surface area contributed by atoms with Crippen molar-refractivity contribution in [2.24, 2.45) is 0 Å². The monoisotopic (exact) mass is 305 g/mol. The predicted molar refractivity (Wildman–Crippen MR) is 87.4 cm³/mol. The number of hydrogen-bond donors (Lipinski definition) is 1. The summed E-state index contributed by atoms with van der Waals surface area (Å²) >= 11 is 0. The highest BCUT2D eigenvalue weighted by Gasteiger charge is 2.04. The molecular weight excluding hydrogens is 290 g/mol. The molecule has 1 N–H and O–H groups in total. The molecule has 3 rings (SSSR count). The second-order valence-corrected chi connectivity index (χ2v) is 5.04. The van der Waals surface area contributed by atoms with E-state index in [9.17, 15) is 4.79 Å². The number of carbonyl (C=O) groups is 1. The largest absolute Gasteiger partial charge is 0.478 e. The van der Waals surface area contributed by atoms with Crippen LogP contribution in [0.2, 0.25) is 0 Å². The Hall–Kier alpha value is -3.14. The zero-order chi connectivity index (χ0) is 16.1. The van der Waals surface area contributed by atoms with Crippen molar-refractivity contribution in [1.82, 2.24) is 4.98 Å². The number of carboxylic acid groups (broad SMARTS) is 1. The third kappa shape index (κ3) is 3.74. The first-order valence-electron chi connectivity index (χ1n) is 7.19. The fraction of sp³-hybridized carbons (Fsp3) is 0.0526. The van der Waals surface area contributed by atoms with Crippen LogP contribution in [0.1, 0.15) is 15.9 Å². The quantitative estimate of drug-likeness (QED) is 0.773. The number of carboxylic acids is 1. The molecule has 0 aliphatic heterocycles. The molecule has 1 heterocycles. The first-order valence-corrected chi connectivity index (χ1v) is 7.19. The molecule has 23 heavy (non-hydrogen) atoms. The first kappa shape index (κ1) is 14.8. The van der Waals surface area contributed by atoms with Crippen LogP contribution in [-0.2, 0) is 6.61 Å². The summed E-state index contributed by atoms with van der Waals surface area (Å²) in [6.45, 7) is 0.383. The summed E-state index contributed by atoms with van der Waals surface area (Å²) in [6.07, 6.45) is 1.29. The topological polar surface area (TPSA) is 59.4 Å². The summed E-state index contributed by atoms with van der Waals surface area (Å²) in [6, 6.07) is 21.3. The normalized spacial score (nSPS) is 10.3. The van der Waals surface area contributed by atoms with Gasteiger partial charge in [-0.25, -0.2) is 9.78 Å². The van der Waals surface area contributed by atoms with Crippen molar-refractivity contribution < 1.29 is 14.6 Å². The second kappa shape index (κ2) is 6.75. The Morgan fingerprint density at radius 2 is 1.61 bits per heavy atom. The molecule has 0 radical (unpaired) electrons. The first-order chi connectivity index (χ1) is 11.2. The lowest BCUT2D eigenvalue weighted by Gasteiger charge is -2.07. The molecule has 0 saturated heterocycles. The number of rotatable bonds is 5. The number of ether oxygens (including phenoxy) is 1. The van der Waals surface area contributed by atoms with Gasteiger partial charge in [0.2, 0.25) is 5.88 Å². The lowest BCUT2D eigenvalue weighted by Crippen LogP contribution is -2.00. The lowest BCUT2D eigenvalue weighted by molar-refractivity contribution is 0.0696. The maximum Gasteiger partial charge on any atom is 0.337 e. The van der Waals surface area contributed by atoms with Gasteiger partial charge in [0.05, 0.1) is 5.56 Å². The van der Waals surface area contributed by atoms with E-state index in [4.69, 9.17) is 9.84 Å². The molecule has 4 nitrogen and oxygen atoms in total. The highest BCUT2D eigenvalue weighted by molar-refractivity contribution is 5.87. The Morgan fingerprint density at radius 3 is 2.22 bits per heavy atom. The average molecular weight is 305 g/mol. The lowest BCUT2D eigenvalue weighted by atomic mass is 10.0. The summed E-state index contributed by atoms with van der Waals surface area (Å²) in [5.41, 5.74) is 3.49. The molecule has 0 aliphatic rings. The third-order valence-corrected chi connectivity index (χ3v) is 3.43. The molecule has 0 fully saturated rings. The highest BCUT2D eigenvalue weighted by atomic mass is 16.5. The zero-order valence-corrected chi connectivity index (χ0v) is 12.3. The number of hydrogen-bond acceptors (Lipinski definition) is 3. The zero-order valence-electron chi connectivity index (χ0n) is 12.3. The fourth-order valence-electron chi connectivity index (χ4n) is 2.17. The molecule has 0 aliphatic carbocycles. The SMILES string of the molecule is O=C(O)c1ccc(OCc2ccc(-c3ccccc3)cc2)nc1. The maximum absolute atomic E-state index is 10.8. The average Bonchev–Trinajstić information content (AvgIpc) is 2.61. The summed E-state index contributed by atoms with van der Waals surface area (Å²) < 4.78 is 5.57. The van der Waals surface area contributed by atoms with E-state index in [0.29, 0.717) is 12.5 Å². The van der Waals surface area contributed by atoms with Gasteiger partial charge in [0.15, 0.2) is 0 Å². The van der Waals surface area contributed by atoms with Crippen LogP contribution in [0.5, 0.6) is 5.88 Å². The Kier molecular flexibility index (Phi) is 4.34. The van der Waals surface area contributed by atoms with E-state index in [1.54, 1.807) is 6.07 Å². The number of benzene rings is 2. The Bertz CT molecular complexity index is 781. The van der Waals surface area contributed by atoms with Crippen LogP contribution < -0.4 is 4.74 Å². The van der Waals surface area contributed by atoms with E-state index in [1.165, 1.54) is 17.8 Å². The third-order valence-electron chi connectivity index (χ3n) is 3.43. The van der Waals surface area contributed by atoms with Gasteiger partial charge in [-0.2, -0.15) is 0 Å². The number of aromatic carboxylic acids is 1. The van der Waals surface area contributed by atoms with E-state index in [1.807, 2.05) is 30.3 Å². The summed E-state index contributed by atoms with van der Waals surface area (Å²) in [4.78, 5) is 14.7. The van der Waals surface area contributed by atoms with Crippen LogP contribution in [0.4, 0.5) is 0 Å². The van der Waals surface area contributed by atoms with Crippen molar-refractivity contribution in [3.05, 3.63) is 84.1 Å². The van der Waals surface area contributed by atoms with Crippen molar-refractivity contribution >= 4 is 5.97 Å². The summed E-state index contributed by atoms with van der Waals surface area (Å²) in [5.74, 6) is -0.595. The van der Waals surface area contributed by atoms with Crippen LogP contribution in [0.25, 0.3) is 11.1 Å². The van der Waals surface area contributed by atoms with Crippen LogP contribution in [0.3, 0.4) is 0 Å². The predicted octanol–water partition coefficient (Wildman–Crippen LogP) is 4.03. The van der Waals surface area contributed by atoms with Gasteiger partial charge in [0, 0.05) is 12.3 Å². The van der Waals surface area contributed by atoms with Gasteiger partial charge in [0.1, 0.15) is 6.61 Å². The Morgan fingerprint density at radius 1 is 0.913 bits per heavy atom. The molecule has 0 saturated carbocycles. The van der Waals surface area contributed by atoms with Crippen molar-refractivity contribution in [2.75, 3.05) is 0 Å². The van der Waals surface area contributed by atoms with Gasteiger partial charge < -0.3 is 9.84 Å². The summed E-state index contributed by atoms with van der Waals surface area (Å²) in [5, 5.41) is 8.82. The molecular formula is C19H15NO3. The maximum atomic E-state index is 10.8. The fourth-order valence-corrected chi connectivity index (χ4v) is 2.17. The smallest absolute Gasteiger partial charge is 0.337 e. The number of nitrogens with zero attached hydrogens (tertiary/aromatic N) is 1. The molecule has 3 aromatic rings. The van der Waals surface area contributed by atoms with Crippen molar-refractivity contribution in [2.45, 2.75) is 6.61 Å². The van der Waals surface area contributed by atoms with E-state index >= 15 is 0 Å². The molecule has 1 aromatic heterocycles. The number of aromatic nitrogens is 1. The van der Waals surface area contributed by atoms with Crippen LogP contribution in [-0.4, -0.2) is 16.1 Å². The van der Waals surface area contributed by atoms with Crippen molar-refractivity contribution in [1.29, 1.82) is 0 Å². The van der Waals surface area contributed by atoms with Crippen LogP contribution in [0.15, 0.2) is 72.9 Å². The van der Waals surface area contributed by atoms with Crippen LogP contribution >= 0.6 is 0 Å². The number of pyridine rings is 1. The van der Waals surface area contributed by atoms with Gasteiger partial charge in [0.25, 0.3) is 0 Å². The second-order valence-electron chi connectivity index (χ2n) is 5.04. The van der Waals surface area contributed by atoms with Gasteiger partial charge in [-0.1, -0.05) is 54.6 Å². The van der Waals surface area contributed by atoms with E-state index in [0.717, 1.165) is 11.1 Å². The minimum absolute atomic E-state index is 0.143. The molecule has 0 atom stereocenters. The molecule has 0 unspecified atom stereocenters. The van der Waals surface area contributed by atoms with Gasteiger partial charge in [-0.05, 0) is 22.8 Å². The molecule has 0 spiro atoms. The molecule has 0 bridgehead atoms. The molecule has 4 heteroatoms. The van der Waals surface area contributed by atoms with E-state index in [2.05, 4.69) is 29.2 Å². The molecule has 0 amide bonds. The van der Waals surface area contributed by atoms with Gasteiger partial charge in [-0.3, -0.25) is 0 Å². The highest BCUT2D eigenvalue weighted by Crippen LogP contribution is 2.19. The van der Waals surface area contributed by atoms with Crippen molar-refractivity contribution in [3.63, 3.8) is 0 Å². The van der Waals surface area contributed by atoms with Crippen molar-refractivity contribution in [3.8, 4) is 17.0 Å². The summed E-state index contributed by atoms with van der Waals surface area (Å²) in [7, 11) is 0. The minimum atomic E-state index is -0.999. The van der Waals surface area contributed by atoms with Crippen LogP contribution in [0, 0.1) is 0 Å². The Labute approximate surface area is 134 Å². The Balaban J connectivity index is 1.63. The van der Waals surface area contributed by atoms with E-state index < -0.39 is 5.97 Å². The molecule has 114 valence electrons.